The summed E-state index contributed by atoms with van der Waals surface area (Å²) in [4.78, 5) is 16.7. The van der Waals surface area contributed by atoms with E-state index in [0.717, 1.165) is 52.2 Å². The number of amides is 1. The van der Waals surface area contributed by atoms with Gasteiger partial charge in [0.25, 0.3) is 0 Å². The van der Waals surface area contributed by atoms with E-state index in [4.69, 9.17) is 0 Å². The number of nitrogens with zero attached hydrogens (tertiary/aromatic N) is 2. The van der Waals surface area contributed by atoms with Gasteiger partial charge in [0.05, 0.1) is 0 Å². The lowest BCUT2D eigenvalue weighted by Crippen LogP contribution is -2.47. The van der Waals surface area contributed by atoms with Crippen molar-refractivity contribution in [3.63, 3.8) is 0 Å². The summed E-state index contributed by atoms with van der Waals surface area (Å²) in [5, 5.41) is 3.01. The zero-order chi connectivity index (χ0) is 14.9. The van der Waals surface area contributed by atoms with Gasteiger partial charge in [-0.05, 0) is 18.5 Å². The van der Waals surface area contributed by atoms with E-state index >= 15 is 0 Å². The summed E-state index contributed by atoms with van der Waals surface area (Å²) in [5.41, 5.74) is 1.27. The van der Waals surface area contributed by atoms with Crippen molar-refractivity contribution < 1.29 is 4.79 Å². The van der Waals surface area contributed by atoms with E-state index in [0.29, 0.717) is 6.42 Å². The number of hydrogen-bond donors (Lipinski definition) is 1. The van der Waals surface area contributed by atoms with Crippen LogP contribution in [0.1, 0.15) is 18.9 Å². The highest BCUT2D eigenvalue weighted by Gasteiger charge is 2.15. The third-order valence-corrected chi connectivity index (χ3v) is 4.15. The Morgan fingerprint density at radius 2 is 1.76 bits per heavy atom. The number of benzene rings is 1. The van der Waals surface area contributed by atoms with Gasteiger partial charge in [0.15, 0.2) is 0 Å². The SMILES string of the molecule is CCN1CCN(CCC(=O)NCCc2ccccc2)CC1. The fourth-order valence-corrected chi connectivity index (χ4v) is 2.67. The molecule has 1 saturated heterocycles. The maximum absolute atomic E-state index is 11.8. The Morgan fingerprint density at radius 1 is 1.10 bits per heavy atom. The molecule has 4 heteroatoms. The quantitative estimate of drug-likeness (QED) is 0.823. The maximum Gasteiger partial charge on any atom is 0.221 e. The van der Waals surface area contributed by atoms with E-state index in [1.54, 1.807) is 0 Å². The van der Waals surface area contributed by atoms with Crippen molar-refractivity contribution >= 4 is 5.91 Å². The van der Waals surface area contributed by atoms with E-state index in [1.165, 1.54) is 5.56 Å². The summed E-state index contributed by atoms with van der Waals surface area (Å²) in [7, 11) is 0. The molecule has 0 spiro atoms. The van der Waals surface area contributed by atoms with Gasteiger partial charge in [-0.25, -0.2) is 0 Å². The molecule has 0 aliphatic carbocycles. The van der Waals surface area contributed by atoms with Crippen LogP contribution in [-0.2, 0) is 11.2 Å². The van der Waals surface area contributed by atoms with Crippen molar-refractivity contribution in [2.75, 3.05) is 45.8 Å². The monoisotopic (exact) mass is 289 g/mol. The van der Waals surface area contributed by atoms with Crippen LogP contribution in [-0.4, -0.2) is 61.5 Å². The van der Waals surface area contributed by atoms with Crippen LogP contribution in [0.5, 0.6) is 0 Å². The van der Waals surface area contributed by atoms with Crippen molar-refractivity contribution in [2.45, 2.75) is 19.8 Å². The Balaban J connectivity index is 1.56. The Labute approximate surface area is 128 Å². The molecule has 1 aromatic rings. The van der Waals surface area contributed by atoms with Crippen LogP contribution in [0.15, 0.2) is 30.3 Å². The maximum atomic E-state index is 11.8. The number of rotatable bonds is 7. The van der Waals surface area contributed by atoms with Crippen LogP contribution >= 0.6 is 0 Å². The molecule has 1 N–H and O–H groups in total. The second-order valence-corrected chi connectivity index (χ2v) is 5.61. The first-order chi connectivity index (χ1) is 10.3. The van der Waals surface area contributed by atoms with Crippen LogP contribution < -0.4 is 5.32 Å². The van der Waals surface area contributed by atoms with Gasteiger partial charge in [0, 0.05) is 45.7 Å². The standard InChI is InChI=1S/C17H27N3O/c1-2-19-12-14-20(15-13-19)11-9-17(21)18-10-8-16-6-4-3-5-7-16/h3-7H,2,8-15H2,1H3,(H,18,21). The van der Waals surface area contributed by atoms with Crippen LogP contribution in [0.4, 0.5) is 0 Å². The van der Waals surface area contributed by atoms with E-state index in [1.807, 2.05) is 18.2 Å². The Bertz CT molecular complexity index is 413. The van der Waals surface area contributed by atoms with Gasteiger partial charge in [0.1, 0.15) is 0 Å². The third kappa shape index (κ3) is 5.86. The fraction of sp³-hybridized carbons (Fsp3) is 0.588. The molecule has 0 radical (unpaired) electrons. The minimum Gasteiger partial charge on any atom is -0.356 e. The molecule has 1 fully saturated rings. The van der Waals surface area contributed by atoms with Crippen LogP contribution in [0.3, 0.4) is 0 Å². The molecule has 4 nitrogen and oxygen atoms in total. The van der Waals surface area contributed by atoms with Crippen molar-refractivity contribution in [1.29, 1.82) is 0 Å². The second-order valence-electron chi connectivity index (χ2n) is 5.61. The first-order valence-corrected chi connectivity index (χ1v) is 8.03. The second kappa shape index (κ2) is 8.80. The molecule has 1 amide bonds. The Kier molecular flexibility index (Phi) is 6.70. The zero-order valence-electron chi connectivity index (χ0n) is 13.1. The molecule has 0 bridgehead atoms. The van der Waals surface area contributed by atoms with E-state index in [-0.39, 0.29) is 5.91 Å². The molecular weight excluding hydrogens is 262 g/mol. The topological polar surface area (TPSA) is 35.6 Å². The Morgan fingerprint density at radius 3 is 2.43 bits per heavy atom. The molecule has 1 aromatic carbocycles. The number of carbonyl (C=O) groups excluding carboxylic acids is 1. The molecule has 116 valence electrons. The minimum absolute atomic E-state index is 0.170. The average molecular weight is 289 g/mol. The van der Waals surface area contributed by atoms with Gasteiger partial charge in [-0.1, -0.05) is 37.3 Å². The van der Waals surface area contributed by atoms with Gasteiger partial charge in [-0.15, -0.1) is 0 Å². The lowest BCUT2D eigenvalue weighted by atomic mass is 10.1. The molecular formula is C17H27N3O. The highest BCUT2D eigenvalue weighted by molar-refractivity contribution is 5.76. The lowest BCUT2D eigenvalue weighted by Gasteiger charge is -2.33. The van der Waals surface area contributed by atoms with Crippen LogP contribution in [0, 0.1) is 0 Å². The molecule has 1 aliphatic rings. The van der Waals surface area contributed by atoms with E-state index in [9.17, 15) is 4.79 Å². The van der Waals surface area contributed by atoms with Crippen molar-refractivity contribution in [2.24, 2.45) is 0 Å². The third-order valence-electron chi connectivity index (χ3n) is 4.15. The zero-order valence-corrected chi connectivity index (χ0v) is 13.1. The van der Waals surface area contributed by atoms with Crippen LogP contribution in [0.25, 0.3) is 0 Å². The number of carbonyl (C=O) groups is 1. The molecule has 0 unspecified atom stereocenters. The summed E-state index contributed by atoms with van der Waals surface area (Å²) in [5.74, 6) is 0.170. The summed E-state index contributed by atoms with van der Waals surface area (Å²) >= 11 is 0. The smallest absolute Gasteiger partial charge is 0.221 e. The van der Waals surface area contributed by atoms with Gasteiger partial charge in [-0.3, -0.25) is 4.79 Å². The van der Waals surface area contributed by atoms with E-state index in [2.05, 4.69) is 34.2 Å². The number of nitrogens with one attached hydrogen (secondary N) is 1. The largest absolute Gasteiger partial charge is 0.356 e. The number of piperazine rings is 1. The first-order valence-electron chi connectivity index (χ1n) is 8.03. The van der Waals surface area contributed by atoms with Gasteiger partial charge < -0.3 is 15.1 Å². The van der Waals surface area contributed by atoms with Crippen molar-refractivity contribution in [1.82, 2.24) is 15.1 Å². The van der Waals surface area contributed by atoms with Crippen molar-refractivity contribution in [3.05, 3.63) is 35.9 Å². The molecule has 0 atom stereocenters. The van der Waals surface area contributed by atoms with Gasteiger partial charge in [-0.2, -0.15) is 0 Å². The average Bonchev–Trinajstić information content (AvgIpc) is 2.54. The normalized spacial score (nSPS) is 16.8. The number of hydrogen-bond acceptors (Lipinski definition) is 3. The first kappa shape index (κ1) is 16.0. The number of likely N-dealkylation sites (N-methyl/N-ethyl adjacent to an activating group) is 1. The van der Waals surface area contributed by atoms with Crippen LogP contribution in [0.2, 0.25) is 0 Å². The molecule has 1 aliphatic heterocycles. The predicted molar refractivity (Wildman–Crippen MR) is 86.3 cm³/mol. The van der Waals surface area contributed by atoms with Crippen molar-refractivity contribution in [3.8, 4) is 0 Å². The Hall–Kier alpha value is -1.39. The molecule has 21 heavy (non-hydrogen) atoms. The highest BCUT2D eigenvalue weighted by atomic mass is 16.1. The molecule has 0 aromatic heterocycles. The summed E-state index contributed by atoms with van der Waals surface area (Å²) in [6.45, 7) is 9.39. The van der Waals surface area contributed by atoms with Gasteiger partial charge in [0.2, 0.25) is 5.91 Å². The molecule has 2 rings (SSSR count). The highest BCUT2D eigenvalue weighted by Crippen LogP contribution is 2.02. The molecule has 0 saturated carbocycles. The van der Waals surface area contributed by atoms with Gasteiger partial charge >= 0.3 is 0 Å². The summed E-state index contributed by atoms with van der Waals surface area (Å²) in [6, 6.07) is 10.3. The van der Waals surface area contributed by atoms with E-state index < -0.39 is 0 Å². The predicted octanol–water partition coefficient (Wildman–Crippen LogP) is 1.37. The molecule has 1 heterocycles. The summed E-state index contributed by atoms with van der Waals surface area (Å²) < 4.78 is 0. The fourth-order valence-electron chi connectivity index (χ4n) is 2.67. The minimum atomic E-state index is 0.170. The lowest BCUT2D eigenvalue weighted by molar-refractivity contribution is -0.121. The summed E-state index contributed by atoms with van der Waals surface area (Å²) in [6.07, 6.45) is 1.52.